The van der Waals surface area contributed by atoms with Crippen LogP contribution in [0.15, 0.2) is 6.20 Å². The highest BCUT2D eigenvalue weighted by atomic mass is 35.5. The number of carbonyl (C=O) groups is 1. The van der Waals surface area contributed by atoms with E-state index in [4.69, 9.17) is 0 Å². The summed E-state index contributed by atoms with van der Waals surface area (Å²) in [5, 5.41) is 10.8. The number of rotatable bonds is 6. The van der Waals surface area contributed by atoms with Crippen LogP contribution < -0.4 is 10.6 Å². The minimum absolute atomic E-state index is 0. The Morgan fingerprint density at radius 2 is 2.00 bits per heavy atom. The maximum atomic E-state index is 12.4. The van der Waals surface area contributed by atoms with Crippen molar-refractivity contribution in [1.82, 2.24) is 25.3 Å². The molecule has 1 saturated heterocycles. The van der Waals surface area contributed by atoms with E-state index in [-0.39, 0.29) is 23.9 Å². The number of aromatic nitrogens is 2. The Hall–Kier alpha value is -1.11. The SMILES string of the molecule is CCc1c(C(=O)NCCCN2CCNCC2)cnn1C(C)(C)C.Cl. The third-order valence-corrected chi connectivity index (χ3v) is 4.23. The maximum Gasteiger partial charge on any atom is 0.254 e. The predicted molar refractivity (Wildman–Crippen MR) is 100 cm³/mol. The Morgan fingerprint density at radius 3 is 2.58 bits per heavy atom. The van der Waals surface area contributed by atoms with E-state index >= 15 is 0 Å². The molecule has 2 heterocycles. The highest BCUT2D eigenvalue weighted by Gasteiger charge is 2.22. The normalized spacial score (nSPS) is 15.8. The van der Waals surface area contributed by atoms with Gasteiger partial charge in [0.25, 0.3) is 5.91 Å². The van der Waals surface area contributed by atoms with Crippen molar-refractivity contribution in [2.75, 3.05) is 39.3 Å². The summed E-state index contributed by atoms with van der Waals surface area (Å²) in [5.41, 5.74) is 1.62. The van der Waals surface area contributed by atoms with Crippen molar-refractivity contribution in [1.29, 1.82) is 0 Å². The summed E-state index contributed by atoms with van der Waals surface area (Å²) < 4.78 is 1.96. The molecule has 7 heteroatoms. The van der Waals surface area contributed by atoms with Gasteiger partial charge in [-0.3, -0.25) is 9.48 Å². The minimum Gasteiger partial charge on any atom is -0.352 e. The van der Waals surface area contributed by atoms with Gasteiger partial charge in [0.15, 0.2) is 0 Å². The van der Waals surface area contributed by atoms with Gasteiger partial charge < -0.3 is 15.5 Å². The summed E-state index contributed by atoms with van der Waals surface area (Å²) in [6.07, 6.45) is 3.50. The molecule has 1 amide bonds. The van der Waals surface area contributed by atoms with Crippen molar-refractivity contribution in [2.24, 2.45) is 0 Å². The lowest BCUT2D eigenvalue weighted by Gasteiger charge is -2.27. The molecule has 2 rings (SSSR count). The Labute approximate surface area is 151 Å². The van der Waals surface area contributed by atoms with Gasteiger partial charge in [0.1, 0.15) is 0 Å². The van der Waals surface area contributed by atoms with Gasteiger partial charge >= 0.3 is 0 Å². The summed E-state index contributed by atoms with van der Waals surface area (Å²) in [7, 11) is 0. The number of hydrogen-bond acceptors (Lipinski definition) is 4. The van der Waals surface area contributed by atoms with E-state index in [1.54, 1.807) is 6.20 Å². The Kier molecular flexibility index (Phi) is 8.19. The van der Waals surface area contributed by atoms with Crippen molar-refractivity contribution in [3.05, 3.63) is 17.5 Å². The van der Waals surface area contributed by atoms with Crippen LogP contribution in [-0.4, -0.2) is 59.9 Å². The molecule has 1 aromatic heterocycles. The fourth-order valence-electron chi connectivity index (χ4n) is 3.02. The molecule has 0 spiro atoms. The first kappa shape index (κ1) is 20.9. The van der Waals surface area contributed by atoms with Crippen LogP contribution in [0.1, 0.15) is 50.2 Å². The topological polar surface area (TPSA) is 62.2 Å². The first-order chi connectivity index (χ1) is 10.9. The van der Waals surface area contributed by atoms with Gasteiger partial charge in [-0.15, -0.1) is 12.4 Å². The van der Waals surface area contributed by atoms with Gasteiger partial charge in [-0.2, -0.15) is 5.10 Å². The second-order valence-electron chi connectivity index (χ2n) is 7.14. The van der Waals surface area contributed by atoms with Gasteiger partial charge in [0.2, 0.25) is 0 Å². The third-order valence-electron chi connectivity index (χ3n) is 4.23. The van der Waals surface area contributed by atoms with E-state index in [2.05, 4.69) is 48.3 Å². The quantitative estimate of drug-likeness (QED) is 0.760. The second-order valence-corrected chi connectivity index (χ2v) is 7.14. The molecule has 1 aliphatic rings. The lowest BCUT2D eigenvalue weighted by atomic mass is 10.1. The molecule has 1 aromatic rings. The third kappa shape index (κ3) is 5.46. The average molecular weight is 358 g/mol. The Balaban J connectivity index is 0.00000288. The van der Waals surface area contributed by atoms with E-state index in [1.807, 2.05) is 4.68 Å². The molecule has 24 heavy (non-hydrogen) atoms. The molecule has 0 radical (unpaired) electrons. The Morgan fingerprint density at radius 1 is 1.33 bits per heavy atom. The lowest BCUT2D eigenvalue weighted by molar-refractivity contribution is 0.0950. The van der Waals surface area contributed by atoms with Crippen molar-refractivity contribution < 1.29 is 4.79 Å². The molecule has 0 unspecified atom stereocenters. The van der Waals surface area contributed by atoms with Crippen LogP contribution in [-0.2, 0) is 12.0 Å². The van der Waals surface area contributed by atoms with Gasteiger partial charge in [-0.05, 0) is 40.2 Å². The fraction of sp³-hybridized carbons (Fsp3) is 0.765. The fourth-order valence-corrected chi connectivity index (χ4v) is 3.02. The summed E-state index contributed by atoms with van der Waals surface area (Å²) in [6, 6.07) is 0. The largest absolute Gasteiger partial charge is 0.352 e. The molecule has 138 valence electrons. The molecule has 0 saturated carbocycles. The summed E-state index contributed by atoms with van der Waals surface area (Å²) >= 11 is 0. The van der Waals surface area contributed by atoms with E-state index < -0.39 is 0 Å². The summed E-state index contributed by atoms with van der Waals surface area (Å²) in [4.78, 5) is 14.9. The van der Waals surface area contributed by atoms with Crippen LogP contribution in [0.3, 0.4) is 0 Å². The standard InChI is InChI=1S/C17H31N5O.ClH/c1-5-15-14(13-20-22(15)17(2,3)4)16(23)19-7-6-10-21-11-8-18-9-12-21;/h13,18H,5-12H2,1-4H3,(H,19,23);1H. The first-order valence-corrected chi connectivity index (χ1v) is 8.72. The van der Waals surface area contributed by atoms with E-state index in [9.17, 15) is 4.79 Å². The molecule has 2 N–H and O–H groups in total. The average Bonchev–Trinajstić information content (AvgIpc) is 2.96. The van der Waals surface area contributed by atoms with Gasteiger partial charge in [0.05, 0.1) is 23.0 Å². The number of nitrogens with one attached hydrogen (secondary N) is 2. The zero-order valence-electron chi connectivity index (χ0n) is 15.4. The van der Waals surface area contributed by atoms with Gasteiger partial charge in [-0.1, -0.05) is 6.92 Å². The van der Waals surface area contributed by atoms with Crippen LogP contribution in [0.25, 0.3) is 0 Å². The second kappa shape index (κ2) is 9.39. The molecular formula is C17H32ClN5O. The number of amides is 1. The van der Waals surface area contributed by atoms with E-state index in [0.717, 1.165) is 51.3 Å². The van der Waals surface area contributed by atoms with Crippen LogP contribution in [0.2, 0.25) is 0 Å². The lowest BCUT2D eigenvalue weighted by Crippen LogP contribution is -2.44. The van der Waals surface area contributed by atoms with Crippen molar-refractivity contribution >= 4 is 18.3 Å². The molecule has 1 aliphatic heterocycles. The van der Waals surface area contributed by atoms with Crippen molar-refractivity contribution in [2.45, 2.75) is 46.1 Å². The highest BCUT2D eigenvalue weighted by molar-refractivity contribution is 5.95. The monoisotopic (exact) mass is 357 g/mol. The van der Waals surface area contributed by atoms with Crippen LogP contribution in [0.4, 0.5) is 0 Å². The smallest absolute Gasteiger partial charge is 0.254 e. The number of carbonyl (C=O) groups excluding carboxylic acids is 1. The molecule has 0 bridgehead atoms. The summed E-state index contributed by atoms with van der Waals surface area (Å²) in [6.45, 7) is 14.5. The Bertz CT molecular complexity index is 518. The highest BCUT2D eigenvalue weighted by Crippen LogP contribution is 2.19. The van der Waals surface area contributed by atoms with E-state index in [0.29, 0.717) is 12.1 Å². The molecular weight excluding hydrogens is 326 g/mol. The van der Waals surface area contributed by atoms with Crippen LogP contribution in [0, 0.1) is 0 Å². The van der Waals surface area contributed by atoms with Gasteiger partial charge in [0, 0.05) is 32.7 Å². The zero-order valence-corrected chi connectivity index (χ0v) is 16.2. The molecule has 0 aliphatic carbocycles. The minimum atomic E-state index is -0.105. The van der Waals surface area contributed by atoms with Crippen LogP contribution in [0.5, 0.6) is 0 Å². The molecule has 0 atom stereocenters. The zero-order chi connectivity index (χ0) is 16.9. The van der Waals surface area contributed by atoms with Gasteiger partial charge in [-0.25, -0.2) is 0 Å². The number of hydrogen-bond donors (Lipinski definition) is 2. The maximum absolute atomic E-state index is 12.4. The number of piperazine rings is 1. The van der Waals surface area contributed by atoms with Crippen molar-refractivity contribution in [3.8, 4) is 0 Å². The van der Waals surface area contributed by atoms with Crippen LogP contribution >= 0.6 is 12.4 Å². The van der Waals surface area contributed by atoms with E-state index in [1.165, 1.54) is 0 Å². The number of nitrogens with zero attached hydrogens (tertiary/aromatic N) is 3. The number of halogens is 1. The molecule has 1 fully saturated rings. The summed E-state index contributed by atoms with van der Waals surface area (Å²) in [5.74, 6) is -0.00217. The first-order valence-electron chi connectivity index (χ1n) is 8.72. The van der Waals surface area contributed by atoms with Crippen molar-refractivity contribution in [3.63, 3.8) is 0 Å². The predicted octanol–water partition coefficient (Wildman–Crippen LogP) is 1.65. The molecule has 0 aromatic carbocycles. The molecule has 6 nitrogen and oxygen atoms in total.